The van der Waals surface area contributed by atoms with Gasteiger partial charge in [0.25, 0.3) is 0 Å². The fraction of sp³-hybridized carbons (Fsp3) is 0.500. The number of amides is 1. The van der Waals surface area contributed by atoms with Crippen LogP contribution in [-0.2, 0) is 4.79 Å². The fourth-order valence-corrected chi connectivity index (χ4v) is 2.23. The maximum atomic E-state index is 13.7. The summed E-state index contributed by atoms with van der Waals surface area (Å²) < 4.78 is 14.4. The number of benzene rings is 1. The van der Waals surface area contributed by atoms with Gasteiger partial charge in [-0.3, -0.25) is 4.79 Å². The Hall–Kier alpha value is -0.940. The molecule has 1 atom stereocenters. The van der Waals surface area contributed by atoms with Crippen molar-refractivity contribution >= 4 is 21.8 Å². The molecule has 0 radical (unpaired) electrons. The van der Waals surface area contributed by atoms with Gasteiger partial charge in [0, 0.05) is 35.1 Å². The van der Waals surface area contributed by atoms with E-state index in [1.165, 1.54) is 6.07 Å². The van der Waals surface area contributed by atoms with Gasteiger partial charge >= 0.3 is 0 Å². The van der Waals surface area contributed by atoms with E-state index in [1.54, 1.807) is 6.07 Å². The lowest BCUT2D eigenvalue weighted by Gasteiger charge is -2.15. The molecule has 0 spiro atoms. The number of hydrogen-bond donors (Lipinski definition) is 2. The summed E-state index contributed by atoms with van der Waals surface area (Å²) in [6.07, 6.45) is 2.62. The summed E-state index contributed by atoms with van der Waals surface area (Å²) in [5.41, 5.74) is 0.616. The highest BCUT2D eigenvalue weighted by atomic mass is 79.9. The first-order valence-electron chi connectivity index (χ1n) is 6.54. The number of carbonyl (C=O) groups excluding carboxylic acids is 1. The second-order valence-corrected chi connectivity index (χ2v) is 5.85. The van der Waals surface area contributed by atoms with Gasteiger partial charge in [0.15, 0.2) is 0 Å². The lowest BCUT2D eigenvalue weighted by Crippen LogP contribution is -2.30. The van der Waals surface area contributed by atoms with Crippen molar-refractivity contribution in [1.82, 2.24) is 10.6 Å². The minimum Gasteiger partial charge on any atom is -0.353 e. The molecule has 0 aliphatic heterocycles. The molecule has 1 saturated carbocycles. The Morgan fingerprint density at radius 1 is 1.53 bits per heavy atom. The van der Waals surface area contributed by atoms with Gasteiger partial charge < -0.3 is 10.6 Å². The molecular formula is C14H18BrFN2O. The molecule has 1 aromatic rings. The van der Waals surface area contributed by atoms with Gasteiger partial charge in [-0.1, -0.05) is 22.0 Å². The molecule has 2 N–H and O–H groups in total. The van der Waals surface area contributed by atoms with Gasteiger partial charge in [-0.15, -0.1) is 0 Å². The third-order valence-corrected chi connectivity index (χ3v) is 3.67. The van der Waals surface area contributed by atoms with Crippen LogP contribution in [0.2, 0.25) is 0 Å². The van der Waals surface area contributed by atoms with Crippen LogP contribution in [0.5, 0.6) is 0 Å². The van der Waals surface area contributed by atoms with Crippen LogP contribution in [0.25, 0.3) is 0 Å². The molecule has 3 nitrogen and oxygen atoms in total. The van der Waals surface area contributed by atoms with Gasteiger partial charge in [-0.05, 0) is 31.9 Å². The minimum atomic E-state index is -0.239. The van der Waals surface area contributed by atoms with Gasteiger partial charge in [0.2, 0.25) is 5.91 Å². The van der Waals surface area contributed by atoms with Crippen LogP contribution in [0.1, 0.15) is 37.8 Å². The van der Waals surface area contributed by atoms with Crippen molar-refractivity contribution < 1.29 is 9.18 Å². The monoisotopic (exact) mass is 328 g/mol. The Kier molecular flexibility index (Phi) is 4.93. The molecule has 1 amide bonds. The van der Waals surface area contributed by atoms with Crippen LogP contribution >= 0.6 is 15.9 Å². The summed E-state index contributed by atoms with van der Waals surface area (Å²) >= 11 is 3.23. The van der Waals surface area contributed by atoms with E-state index in [0.29, 0.717) is 24.6 Å². The number of rotatable bonds is 6. The van der Waals surface area contributed by atoms with Gasteiger partial charge in [-0.25, -0.2) is 4.39 Å². The summed E-state index contributed by atoms with van der Waals surface area (Å²) in [5.74, 6) is -0.171. The molecule has 0 heterocycles. The molecule has 0 bridgehead atoms. The molecule has 2 rings (SSSR count). The Morgan fingerprint density at radius 2 is 2.26 bits per heavy atom. The highest BCUT2D eigenvalue weighted by Gasteiger charge is 2.22. The van der Waals surface area contributed by atoms with E-state index >= 15 is 0 Å². The lowest BCUT2D eigenvalue weighted by molar-refractivity contribution is -0.121. The zero-order valence-corrected chi connectivity index (χ0v) is 12.5. The topological polar surface area (TPSA) is 41.1 Å². The predicted octanol–water partition coefficient (Wildman–Crippen LogP) is 2.91. The zero-order valence-electron chi connectivity index (χ0n) is 10.9. The van der Waals surface area contributed by atoms with Crippen LogP contribution in [0.15, 0.2) is 22.7 Å². The number of carbonyl (C=O) groups is 1. The van der Waals surface area contributed by atoms with Crippen LogP contribution in [0.4, 0.5) is 4.39 Å². The lowest BCUT2D eigenvalue weighted by atomic mass is 10.1. The molecule has 1 unspecified atom stereocenters. The van der Waals surface area contributed by atoms with E-state index in [1.807, 2.05) is 13.0 Å². The maximum Gasteiger partial charge on any atom is 0.221 e. The second-order valence-electron chi connectivity index (χ2n) is 4.93. The fourth-order valence-electron chi connectivity index (χ4n) is 1.89. The number of hydrogen-bond acceptors (Lipinski definition) is 2. The third kappa shape index (κ3) is 4.58. The van der Waals surface area contributed by atoms with Gasteiger partial charge in [0.1, 0.15) is 5.82 Å². The summed E-state index contributed by atoms with van der Waals surface area (Å²) in [6.45, 7) is 2.44. The van der Waals surface area contributed by atoms with E-state index in [4.69, 9.17) is 0 Å². The standard InChI is InChI=1S/C14H18BrFN2O/c1-9(12-5-2-10(15)8-13(12)16)17-7-6-14(19)18-11-3-4-11/h2,5,8-9,11,17H,3-4,6-7H2,1H3,(H,18,19). The Morgan fingerprint density at radius 3 is 2.89 bits per heavy atom. The summed E-state index contributed by atoms with van der Waals surface area (Å²) in [6, 6.07) is 5.31. The quantitative estimate of drug-likeness (QED) is 0.843. The molecule has 19 heavy (non-hydrogen) atoms. The van der Waals surface area contributed by atoms with Crippen molar-refractivity contribution in [2.45, 2.75) is 38.3 Å². The molecule has 1 aliphatic carbocycles. The SMILES string of the molecule is CC(NCCC(=O)NC1CC1)c1ccc(Br)cc1F. The van der Waals surface area contributed by atoms with Crippen molar-refractivity contribution in [3.8, 4) is 0 Å². The van der Waals surface area contributed by atoms with Crippen molar-refractivity contribution in [2.75, 3.05) is 6.54 Å². The molecule has 0 aromatic heterocycles. The third-order valence-electron chi connectivity index (χ3n) is 3.17. The van der Waals surface area contributed by atoms with Crippen molar-refractivity contribution in [3.05, 3.63) is 34.1 Å². The summed E-state index contributed by atoms with van der Waals surface area (Å²) in [7, 11) is 0. The van der Waals surface area contributed by atoms with E-state index in [0.717, 1.165) is 17.3 Å². The van der Waals surface area contributed by atoms with Crippen LogP contribution < -0.4 is 10.6 Å². The minimum absolute atomic E-state index is 0.0680. The molecule has 5 heteroatoms. The maximum absolute atomic E-state index is 13.7. The average Bonchev–Trinajstić information content (AvgIpc) is 3.12. The van der Waals surface area contributed by atoms with E-state index in [-0.39, 0.29) is 17.8 Å². The summed E-state index contributed by atoms with van der Waals surface area (Å²) in [4.78, 5) is 11.5. The highest BCUT2D eigenvalue weighted by molar-refractivity contribution is 9.10. The number of halogens is 2. The van der Waals surface area contributed by atoms with Crippen molar-refractivity contribution in [2.24, 2.45) is 0 Å². The second kappa shape index (κ2) is 6.48. The average molecular weight is 329 g/mol. The highest BCUT2D eigenvalue weighted by Crippen LogP contribution is 2.21. The Labute approximate surface area is 121 Å². The largest absolute Gasteiger partial charge is 0.353 e. The van der Waals surface area contributed by atoms with Crippen LogP contribution in [-0.4, -0.2) is 18.5 Å². The molecule has 1 aliphatic rings. The van der Waals surface area contributed by atoms with Gasteiger partial charge in [0.05, 0.1) is 0 Å². The predicted molar refractivity (Wildman–Crippen MR) is 76.3 cm³/mol. The van der Waals surface area contributed by atoms with Crippen LogP contribution in [0, 0.1) is 5.82 Å². The van der Waals surface area contributed by atoms with E-state index in [2.05, 4.69) is 26.6 Å². The first-order chi connectivity index (χ1) is 9.06. The molecule has 104 valence electrons. The zero-order chi connectivity index (χ0) is 13.8. The van der Waals surface area contributed by atoms with Crippen LogP contribution in [0.3, 0.4) is 0 Å². The van der Waals surface area contributed by atoms with Crippen molar-refractivity contribution in [3.63, 3.8) is 0 Å². The Bertz CT molecular complexity index is 463. The number of nitrogens with one attached hydrogen (secondary N) is 2. The smallest absolute Gasteiger partial charge is 0.221 e. The molecule has 1 aromatic carbocycles. The first-order valence-corrected chi connectivity index (χ1v) is 7.33. The van der Waals surface area contributed by atoms with Gasteiger partial charge in [-0.2, -0.15) is 0 Å². The molecule has 1 fully saturated rings. The Balaban J connectivity index is 1.76. The summed E-state index contributed by atoms with van der Waals surface area (Å²) in [5, 5.41) is 6.09. The molecular weight excluding hydrogens is 311 g/mol. The van der Waals surface area contributed by atoms with Crippen molar-refractivity contribution in [1.29, 1.82) is 0 Å². The first kappa shape index (κ1) is 14.5. The van der Waals surface area contributed by atoms with E-state index in [9.17, 15) is 9.18 Å². The normalized spacial score (nSPS) is 16.2. The van der Waals surface area contributed by atoms with E-state index < -0.39 is 0 Å². The molecule has 0 saturated heterocycles.